The Hall–Kier alpha value is -3.32. The molecular weight excluding hydrogens is 418 g/mol. The fraction of sp³-hybridized carbons (Fsp3) is 0.385. The van der Waals surface area contributed by atoms with Crippen LogP contribution in [0.5, 0.6) is 5.75 Å². The summed E-state index contributed by atoms with van der Waals surface area (Å²) in [5, 5.41) is 7.15. The molecule has 1 aromatic heterocycles. The lowest BCUT2D eigenvalue weighted by atomic mass is 9.97. The van der Waals surface area contributed by atoms with Crippen molar-refractivity contribution in [3.05, 3.63) is 60.3 Å². The van der Waals surface area contributed by atoms with Crippen LogP contribution < -0.4 is 15.4 Å². The van der Waals surface area contributed by atoms with Gasteiger partial charge in [0.15, 0.2) is 0 Å². The molecule has 7 heteroatoms. The standard InChI is InChI=1S/C26H33N3O4/c1-17(2)27-15-21(33-25(31)26(3,4)5)16-32-20-12-10-19(11-13-20)28-24(30)23-14-18-8-6-7-9-22(18)29-23/h6-14,17,21,27,29H,15-16H2,1-5H3,(H,28,30). The van der Waals surface area contributed by atoms with Crippen LogP contribution in [-0.2, 0) is 9.53 Å². The summed E-state index contributed by atoms with van der Waals surface area (Å²) in [4.78, 5) is 28.0. The summed E-state index contributed by atoms with van der Waals surface area (Å²) < 4.78 is 11.5. The fourth-order valence-electron chi connectivity index (χ4n) is 3.05. The van der Waals surface area contributed by atoms with Crippen LogP contribution in [0.4, 0.5) is 5.69 Å². The Morgan fingerprint density at radius 2 is 1.73 bits per heavy atom. The zero-order chi connectivity index (χ0) is 24.0. The van der Waals surface area contributed by atoms with E-state index in [2.05, 4.69) is 15.6 Å². The molecule has 2 aromatic carbocycles. The van der Waals surface area contributed by atoms with Crippen LogP contribution in [-0.4, -0.2) is 42.2 Å². The summed E-state index contributed by atoms with van der Waals surface area (Å²) in [6.07, 6.45) is -0.416. The highest BCUT2D eigenvalue weighted by molar-refractivity contribution is 6.05. The minimum Gasteiger partial charge on any atom is -0.490 e. The van der Waals surface area contributed by atoms with Gasteiger partial charge in [-0.3, -0.25) is 9.59 Å². The van der Waals surface area contributed by atoms with E-state index in [1.165, 1.54) is 0 Å². The van der Waals surface area contributed by atoms with Crippen LogP contribution in [0.25, 0.3) is 10.9 Å². The number of para-hydroxylation sites is 1. The number of carbonyl (C=O) groups excluding carboxylic acids is 2. The average molecular weight is 452 g/mol. The Kier molecular flexibility index (Phi) is 7.76. The number of aromatic nitrogens is 1. The lowest BCUT2D eigenvalue weighted by Crippen LogP contribution is -2.40. The molecule has 0 aliphatic rings. The second-order valence-corrected chi connectivity index (χ2v) is 9.40. The first-order valence-corrected chi connectivity index (χ1v) is 11.2. The molecule has 33 heavy (non-hydrogen) atoms. The number of H-pyrrole nitrogens is 1. The number of nitrogens with one attached hydrogen (secondary N) is 3. The van der Waals surface area contributed by atoms with E-state index < -0.39 is 11.5 Å². The molecule has 0 aliphatic carbocycles. The normalized spacial score (nSPS) is 12.5. The third kappa shape index (κ3) is 7.08. The van der Waals surface area contributed by atoms with Crippen LogP contribution in [0, 0.1) is 5.41 Å². The fourth-order valence-corrected chi connectivity index (χ4v) is 3.05. The number of hydrogen-bond donors (Lipinski definition) is 3. The van der Waals surface area contributed by atoms with Crippen molar-refractivity contribution < 1.29 is 19.1 Å². The van der Waals surface area contributed by atoms with Gasteiger partial charge in [0.05, 0.1) is 5.41 Å². The van der Waals surface area contributed by atoms with Crippen molar-refractivity contribution in [2.75, 3.05) is 18.5 Å². The molecule has 0 fully saturated rings. The molecular formula is C26H33N3O4. The molecule has 3 rings (SSSR count). The third-order valence-electron chi connectivity index (χ3n) is 4.96. The van der Waals surface area contributed by atoms with Crippen molar-refractivity contribution in [2.24, 2.45) is 5.41 Å². The SMILES string of the molecule is CC(C)NCC(COc1ccc(NC(=O)c2cc3ccccc3[nH]2)cc1)OC(=O)C(C)(C)C. The first-order chi connectivity index (χ1) is 15.6. The zero-order valence-electron chi connectivity index (χ0n) is 19.9. The molecule has 0 radical (unpaired) electrons. The van der Waals surface area contributed by atoms with Gasteiger partial charge >= 0.3 is 5.97 Å². The molecule has 0 aliphatic heterocycles. The van der Waals surface area contributed by atoms with Crippen molar-refractivity contribution in [1.29, 1.82) is 0 Å². The highest BCUT2D eigenvalue weighted by atomic mass is 16.6. The zero-order valence-corrected chi connectivity index (χ0v) is 19.9. The Labute approximate surface area is 194 Å². The van der Waals surface area contributed by atoms with Gasteiger partial charge in [-0.2, -0.15) is 0 Å². The molecule has 3 aromatic rings. The smallest absolute Gasteiger partial charge is 0.311 e. The van der Waals surface area contributed by atoms with Crippen molar-refractivity contribution in [2.45, 2.75) is 46.8 Å². The molecule has 0 spiro atoms. The van der Waals surface area contributed by atoms with Crippen molar-refractivity contribution in [3.63, 3.8) is 0 Å². The van der Waals surface area contributed by atoms with Gasteiger partial charge < -0.3 is 25.1 Å². The minimum atomic E-state index is -0.582. The van der Waals surface area contributed by atoms with E-state index in [0.29, 0.717) is 23.7 Å². The van der Waals surface area contributed by atoms with Crippen LogP contribution >= 0.6 is 0 Å². The molecule has 0 bridgehead atoms. The lowest BCUT2D eigenvalue weighted by Gasteiger charge is -2.24. The number of fused-ring (bicyclic) bond motifs is 1. The lowest BCUT2D eigenvalue weighted by molar-refractivity contribution is -0.160. The number of benzene rings is 2. The van der Waals surface area contributed by atoms with E-state index in [4.69, 9.17) is 9.47 Å². The molecule has 0 saturated carbocycles. The predicted octanol–water partition coefficient (Wildman–Crippen LogP) is 4.75. The second-order valence-electron chi connectivity index (χ2n) is 9.40. The van der Waals surface area contributed by atoms with E-state index in [0.717, 1.165) is 10.9 Å². The largest absolute Gasteiger partial charge is 0.490 e. The third-order valence-corrected chi connectivity index (χ3v) is 4.96. The van der Waals surface area contributed by atoms with Gasteiger partial charge in [0, 0.05) is 29.2 Å². The summed E-state index contributed by atoms with van der Waals surface area (Å²) in [6, 6.07) is 16.9. The topological polar surface area (TPSA) is 92.5 Å². The number of ether oxygens (including phenoxy) is 2. The van der Waals surface area contributed by atoms with E-state index in [-0.39, 0.29) is 24.5 Å². The Balaban J connectivity index is 1.57. The van der Waals surface area contributed by atoms with Gasteiger partial charge in [-0.05, 0) is 57.2 Å². The van der Waals surface area contributed by atoms with Gasteiger partial charge in [0.1, 0.15) is 24.2 Å². The molecule has 1 unspecified atom stereocenters. The molecule has 3 N–H and O–H groups in total. The van der Waals surface area contributed by atoms with Crippen LogP contribution in [0.1, 0.15) is 45.1 Å². The first kappa shape index (κ1) is 24.3. The number of hydrogen-bond acceptors (Lipinski definition) is 5. The predicted molar refractivity (Wildman–Crippen MR) is 131 cm³/mol. The summed E-state index contributed by atoms with van der Waals surface area (Å²) >= 11 is 0. The second kappa shape index (κ2) is 10.5. The summed E-state index contributed by atoms with van der Waals surface area (Å²) in [5.41, 5.74) is 1.49. The molecule has 7 nitrogen and oxygen atoms in total. The maximum Gasteiger partial charge on any atom is 0.311 e. The number of esters is 1. The van der Waals surface area contributed by atoms with E-state index >= 15 is 0 Å². The molecule has 1 amide bonds. The monoisotopic (exact) mass is 451 g/mol. The van der Waals surface area contributed by atoms with Crippen LogP contribution in [0.2, 0.25) is 0 Å². The number of amides is 1. The highest BCUT2D eigenvalue weighted by Gasteiger charge is 2.26. The minimum absolute atomic E-state index is 0.214. The average Bonchev–Trinajstić information content (AvgIpc) is 3.20. The van der Waals surface area contributed by atoms with E-state index in [1.54, 1.807) is 24.3 Å². The summed E-state index contributed by atoms with van der Waals surface area (Å²) in [7, 11) is 0. The number of aromatic amines is 1. The van der Waals surface area contributed by atoms with Gasteiger partial charge in [0.2, 0.25) is 0 Å². The maximum atomic E-state index is 12.6. The molecule has 1 atom stereocenters. The van der Waals surface area contributed by atoms with Gasteiger partial charge in [-0.25, -0.2) is 0 Å². The van der Waals surface area contributed by atoms with E-state index in [1.807, 2.05) is 65.0 Å². The quantitative estimate of drug-likeness (QED) is 0.408. The molecule has 176 valence electrons. The first-order valence-electron chi connectivity index (χ1n) is 11.2. The van der Waals surface area contributed by atoms with Gasteiger partial charge in [0.25, 0.3) is 5.91 Å². The van der Waals surface area contributed by atoms with Crippen LogP contribution in [0.3, 0.4) is 0 Å². The van der Waals surface area contributed by atoms with Crippen molar-refractivity contribution in [3.8, 4) is 5.75 Å². The van der Waals surface area contributed by atoms with Gasteiger partial charge in [-0.15, -0.1) is 0 Å². The molecule has 1 heterocycles. The van der Waals surface area contributed by atoms with Crippen molar-refractivity contribution >= 4 is 28.5 Å². The Morgan fingerprint density at radius 1 is 1.03 bits per heavy atom. The summed E-state index contributed by atoms with van der Waals surface area (Å²) in [6.45, 7) is 10.3. The number of carbonyl (C=O) groups is 2. The van der Waals surface area contributed by atoms with Crippen LogP contribution in [0.15, 0.2) is 54.6 Å². The number of anilines is 1. The highest BCUT2D eigenvalue weighted by Crippen LogP contribution is 2.20. The van der Waals surface area contributed by atoms with Gasteiger partial charge in [-0.1, -0.05) is 32.0 Å². The van der Waals surface area contributed by atoms with E-state index in [9.17, 15) is 9.59 Å². The Morgan fingerprint density at radius 3 is 2.36 bits per heavy atom. The summed E-state index contributed by atoms with van der Waals surface area (Å²) in [5.74, 6) is 0.144. The number of rotatable bonds is 9. The molecule has 0 saturated heterocycles. The Bertz CT molecular complexity index is 1050. The maximum absolute atomic E-state index is 12.6. The van der Waals surface area contributed by atoms with Crippen molar-refractivity contribution in [1.82, 2.24) is 10.3 Å².